The number of halogens is 2. The van der Waals surface area contributed by atoms with Crippen molar-refractivity contribution in [1.29, 1.82) is 0 Å². The maximum absolute atomic E-state index is 13.1. The van der Waals surface area contributed by atoms with E-state index in [1.54, 1.807) is 6.07 Å². The molecular formula is C12H16ClFN2. The predicted octanol–water partition coefficient (Wildman–Crippen LogP) is 2.40. The highest BCUT2D eigenvalue weighted by molar-refractivity contribution is 6.30. The molecule has 0 saturated carbocycles. The van der Waals surface area contributed by atoms with Crippen LogP contribution in [0.15, 0.2) is 18.2 Å². The van der Waals surface area contributed by atoms with Gasteiger partial charge in [-0.05, 0) is 49.7 Å². The first-order valence-electron chi connectivity index (χ1n) is 5.56. The van der Waals surface area contributed by atoms with Gasteiger partial charge in [-0.1, -0.05) is 11.6 Å². The summed E-state index contributed by atoms with van der Waals surface area (Å²) in [5, 5.41) is 0.462. The first-order chi connectivity index (χ1) is 7.63. The maximum atomic E-state index is 13.1. The molecule has 2 N–H and O–H groups in total. The molecule has 0 spiro atoms. The van der Waals surface area contributed by atoms with Crippen LogP contribution in [0.2, 0.25) is 5.02 Å². The van der Waals surface area contributed by atoms with Gasteiger partial charge in [0.05, 0.1) is 0 Å². The van der Waals surface area contributed by atoms with Gasteiger partial charge in [0.2, 0.25) is 0 Å². The van der Waals surface area contributed by atoms with Crippen LogP contribution < -0.4 is 5.73 Å². The number of hydrogen-bond acceptors (Lipinski definition) is 2. The molecule has 0 atom stereocenters. The zero-order valence-corrected chi connectivity index (χ0v) is 9.88. The van der Waals surface area contributed by atoms with Gasteiger partial charge < -0.3 is 5.73 Å². The average molecular weight is 243 g/mol. The van der Waals surface area contributed by atoms with E-state index in [2.05, 4.69) is 4.90 Å². The zero-order chi connectivity index (χ0) is 11.5. The Balaban J connectivity index is 1.98. The summed E-state index contributed by atoms with van der Waals surface area (Å²) < 4.78 is 13.1. The lowest BCUT2D eigenvalue weighted by Gasteiger charge is -2.30. The highest BCUT2D eigenvalue weighted by atomic mass is 35.5. The molecule has 88 valence electrons. The third kappa shape index (κ3) is 3.17. The van der Waals surface area contributed by atoms with Gasteiger partial charge in [0, 0.05) is 17.6 Å². The molecule has 4 heteroatoms. The molecule has 1 fully saturated rings. The van der Waals surface area contributed by atoms with Crippen LogP contribution in [0.3, 0.4) is 0 Å². The molecule has 0 unspecified atom stereocenters. The summed E-state index contributed by atoms with van der Waals surface area (Å²) in [6.45, 7) is 2.72. The molecule has 2 nitrogen and oxygen atoms in total. The van der Waals surface area contributed by atoms with Crippen LogP contribution in [-0.2, 0) is 6.54 Å². The lowest BCUT2D eigenvalue weighted by molar-refractivity contribution is 0.205. The fourth-order valence-electron chi connectivity index (χ4n) is 2.07. The number of piperidine rings is 1. The van der Waals surface area contributed by atoms with E-state index in [1.165, 1.54) is 6.07 Å². The van der Waals surface area contributed by atoms with Gasteiger partial charge in [0.15, 0.2) is 0 Å². The Kier molecular flexibility index (Phi) is 3.79. The smallest absolute Gasteiger partial charge is 0.125 e. The number of nitrogens with two attached hydrogens (primary N) is 1. The number of likely N-dealkylation sites (tertiary alicyclic amines) is 1. The van der Waals surface area contributed by atoms with Gasteiger partial charge in [-0.15, -0.1) is 0 Å². The molecule has 0 bridgehead atoms. The van der Waals surface area contributed by atoms with Crippen molar-refractivity contribution in [2.45, 2.75) is 25.4 Å². The van der Waals surface area contributed by atoms with E-state index in [0.717, 1.165) is 38.0 Å². The van der Waals surface area contributed by atoms with Crippen molar-refractivity contribution in [2.24, 2.45) is 5.73 Å². The van der Waals surface area contributed by atoms with Crippen molar-refractivity contribution < 1.29 is 4.39 Å². The van der Waals surface area contributed by atoms with Crippen molar-refractivity contribution in [3.63, 3.8) is 0 Å². The molecule has 0 aromatic heterocycles. The fourth-order valence-corrected chi connectivity index (χ4v) is 2.32. The van der Waals surface area contributed by atoms with Gasteiger partial charge >= 0.3 is 0 Å². The Labute approximate surface area is 100 Å². The Morgan fingerprint density at radius 1 is 1.31 bits per heavy atom. The van der Waals surface area contributed by atoms with Crippen molar-refractivity contribution in [3.8, 4) is 0 Å². The minimum Gasteiger partial charge on any atom is -0.328 e. The Hall–Kier alpha value is -0.640. The summed E-state index contributed by atoms with van der Waals surface area (Å²) in [5.41, 5.74) is 6.76. The highest BCUT2D eigenvalue weighted by Gasteiger charge is 2.16. The molecule has 0 radical (unpaired) electrons. The normalized spacial score (nSPS) is 18.9. The summed E-state index contributed by atoms with van der Waals surface area (Å²) >= 11 is 5.81. The minimum atomic E-state index is -0.267. The van der Waals surface area contributed by atoms with Crippen LogP contribution >= 0.6 is 11.6 Å². The van der Waals surface area contributed by atoms with Crippen LogP contribution in [0.5, 0.6) is 0 Å². The van der Waals surface area contributed by atoms with E-state index in [1.807, 2.05) is 6.07 Å². The van der Waals surface area contributed by atoms with E-state index in [-0.39, 0.29) is 5.82 Å². The molecule has 1 aliphatic rings. The molecule has 1 aliphatic heterocycles. The van der Waals surface area contributed by atoms with Crippen molar-refractivity contribution in [2.75, 3.05) is 13.1 Å². The molecule has 16 heavy (non-hydrogen) atoms. The minimum absolute atomic E-state index is 0.267. The predicted molar refractivity (Wildman–Crippen MR) is 63.9 cm³/mol. The van der Waals surface area contributed by atoms with Crippen molar-refractivity contribution >= 4 is 11.6 Å². The monoisotopic (exact) mass is 242 g/mol. The van der Waals surface area contributed by atoms with E-state index in [9.17, 15) is 4.39 Å². The van der Waals surface area contributed by atoms with Gasteiger partial charge in [0.25, 0.3) is 0 Å². The van der Waals surface area contributed by atoms with Gasteiger partial charge in [-0.3, -0.25) is 4.90 Å². The third-order valence-electron chi connectivity index (χ3n) is 2.96. The molecule has 1 saturated heterocycles. The second kappa shape index (κ2) is 5.13. The summed E-state index contributed by atoms with van der Waals surface area (Å²) in [6, 6.07) is 5.02. The fraction of sp³-hybridized carbons (Fsp3) is 0.500. The maximum Gasteiger partial charge on any atom is 0.125 e. The standard InChI is InChI=1S/C12H16ClFN2/c13-10-5-9(6-11(14)7-10)8-16-3-1-12(15)2-4-16/h5-7,12H,1-4,8,15H2. The van der Waals surface area contributed by atoms with Crippen LogP contribution in [0, 0.1) is 5.82 Å². The number of hydrogen-bond donors (Lipinski definition) is 1. The van der Waals surface area contributed by atoms with E-state index in [0.29, 0.717) is 11.1 Å². The van der Waals surface area contributed by atoms with Crippen LogP contribution in [0.1, 0.15) is 18.4 Å². The molecule has 1 aromatic rings. The van der Waals surface area contributed by atoms with Crippen LogP contribution in [0.25, 0.3) is 0 Å². The summed E-state index contributed by atoms with van der Waals surface area (Å²) in [6.07, 6.45) is 2.03. The Morgan fingerprint density at radius 3 is 2.62 bits per heavy atom. The molecule has 0 amide bonds. The summed E-state index contributed by atoms with van der Waals surface area (Å²) in [7, 11) is 0. The number of rotatable bonds is 2. The van der Waals surface area contributed by atoms with Gasteiger partial charge in [-0.2, -0.15) is 0 Å². The van der Waals surface area contributed by atoms with E-state index < -0.39 is 0 Å². The quantitative estimate of drug-likeness (QED) is 0.863. The first kappa shape index (κ1) is 11.8. The molecular weight excluding hydrogens is 227 g/mol. The largest absolute Gasteiger partial charge is 0.328 e. The van der Waals surface area contributed by atoms with Gasteiger partial charge in [0.1, 0.15) is 5.82 Å². The SMILES string of the molecule is NC1CCN(Cc2cc(F)cc(Cl)c2)CC1. The average Bonchev–Trinajstić information content (AvgIpc) is 2.20. The number of nitrogens with zero attached hydrogens (tertiary/aromatic N) is 1. The second-order valence-corrected chi connectivity index (χ2v) is 4.83. The number of benzene rings is 1. The lowest BCUT2D eigenvalue weighted by atomic mass is 10.1. The highest BCUT2D eigenvalue weighted by Crippen LogP contribution is 2.17. The molecule has 2 rings (SSSR count). The van der Waals surface area contributed by atoms with Gasteiger partial charge in [-0.25, -0.2) is 4.39 Å². The molecule has 1 heterocycles. The van der Waals surface area contributed by atoms with E-state index in [4.69, 9.17) is 17.3 Å². The topological polar surface area (TPSA) is 29.3 Å². The molecule has 1 aromatic carbocycles. The van der Waals surface area contributed by atoms with Crippen LogP contribution in [0.4, 0.5) is 4.39 Å². The van der Waals surface area contributed by atoms with Crippen molar-refractivity contribution in [3.05, 3.63) is 34.6 Å². The second-order valence-electron chi connectivity index (χ2n) is 4.39. The van der Waals surface area contributed by atoms with E-state index >= 15 is 0 Å². The molecule has 0 aliphatic carbocycles. The first-order valence-corrected chi connectivity index (χ1v) is 5.94. The Morgan fingerprint density at radius 2 is 2.00 bits per heavy atom. The Bertz CT molecular complexity index is 342. The lowest BCUT2D eigenvalue weighted by Crippen LogP contribution is -2.39. The third-order valence-corrected chi connectivity index (χ3v) is 3.18. The van der Waals surface area contributed by atoms with Crippen molar-refractivity contribution in [1.82, 2.24) is 4.90 Å². The zero-order valence-electron chi connectivity index (χ0n) is 9.13. The summed E-state index contributed by atoms with van der Waals surface area (Å²) in [5.74, 6) is -0.267. The summed E-state index contributed by atoms with van der Waals surface area (Å²) in [4.78, 5) is 2.29. The van der Waals surface area contributed by atoms with Crippen LogP contribution in [-0.4, -0.2) is 24.0 Å².